The number of aromatic nitrogens is 1. The lowest BCUT2D eigenvalue weighted by atomic mass is 10.1. The number of urea groups is 1. The second-order valence-electron chi connectivity index (χ2n) is 8.41. The van der Waals surface area contributed by atoms with Gasteiger partial charge in [-0.1, -0.05) is 18.2 Å². The zero-order valence-corrected chi connectivity index (χ0v) is 18.7. The SMILES string of the molecule is COc1ccccc1N1CCN(C[C@H](O)CCNC(=O)N2CCc3ncccc3C2)CC1. The summed E-state index contributed by atoms with van der Waals surface area (Å²) in [7, 11) is 1.70. The topological polar surface area (TPSA) is 81.2 Å². The number of nitrogens with one attached hydrogen (secondary N) is 1. The van der Waals surface area contributed by atoms with E-state index in [1.165, 1.54) is 0 Å². The number of fused-ring (bicyclic) bond motifs is 1. The number of hydrogen-bond acceptors (Lipinski definition) is 6. The summed E-state index contributed by atoms with van der Waals surface area (Å²) in [5.74, 6) is 0.894. The fourth-order valence-electron chi connectivity index (χ4n) is 4.45. The Hall–Kier alpha value is -2.84. The third-order valence-electron chi connectivity index (χ3n) is 6.27. The molecule has 1 aromatic heterocycles. The van der Waals surface area contributed by atoms with Gasteiger partial charge in [0.25, 0.3) is 0 Å². The van der Waals surface area contributed by atoms with Crippen LogP contribution in [0.15, 0.2) is 42.6 Å². The van der Waals surface area contributed by atoms with Gasteiger partial charge in [0, 0.05) is 70.7 Å². The Morgan fingerprint density at radius 3 is 2.78 bits per heavy atom. The lowest BCUT2D eigenvalue weighted by Gasteiger charge is -2.37. The van der Waals surface area contributed by atoms with E-state index in [0.717, 1.165) is 55.3 Å². The molecule has 2 aliphatic heterocycles. The summed E-state index contributed by atoms with van der Waals surface area (Å²) < 4.78 is 5.48. The Morgan fingerprint density at radius 1 is 1.16 bits per heavy atom. The van der Waals surface area contributed by atoms with E-state index in [9.17, 15) is 9.90 Å². The monoisotopic (exact) mass is 439 g/mol. The van der Waals surface area contributed by atoms with Crippen molar-refractivity contribution in [3.63, 3.8) is 0 Å². The van der Waals surface area contributed by atoms with Gasteiger partial charge in [-0.05, 0) is 30.2 Å². The van der Waals surface area contributed by atoms with Gasteiger partial charge in [-0.15, -0.1) is 0 Å². The number of β-amino-alcohol motifs (C(OH)–C–C–N with tert-alkyl or cyclic N) is 1. The number of piperazine rings is 1. The number of benzene rings is 1. The van der Waals surface area contributed by atoms with Crippen LogP contribution in [-0.4, -0.2) is 84.9 Å². The fraction of sp³-hybridized carbons (Fsp3) is 0.500. The first-order chi connectivity index (χ1) is 15.6. The van der Waals surface area contributed by atoms with Gasteiger partial charge in [-0.2, -0.15) is 0 Å². The Kier molecular flexibility index (Phi) is 7.44. The van der Waals surface area contributed by atoms with Crippen molar-refractivity contribution < 1.29 is 14.6 Å². The van der Waals surface area contributed by atoms with Crippen molar-refractivity contribution in [2.24, 2.45) is 0 Å². The largest absolute Gasteiger partial charge is 0.495 e. The molecule has 8 heteroatoms. The molecule has 172 valence electrons. The first kappa shape index (κ1) is 22.4. The highest BCUT2D eigenvalue weighted by molar-refractivity contribution is 5.74. The maximum absolute atomic E-state index is 12.5. The number of hydrogen-bond donors (Lipinski definition) is 2. The summed E-state index contributed by atoms with van der Waals surface area (Å²) in [5, 5.41) is 13.4. The molecule has 2 amide bonds. The first-order valence-electron chi connectivity index (χ1n) is 11.4. The van der Waals surface area contributed by atoms with Gasteiger partial charge in [-0.25, -0.2) is 4.79 Å². The minimum atomic E-state index is -0.459. The predicted octanol–water partition coefficient (Wildman–Crippen LogP) is 1.73. The van der Waals surface area contributed by atoms with E-state index in [-0.39, 0.29) is 6.03 Å². The maximum atomic E-state index is 12.5. The molecule has 0 saturated carbocycles. The van der Waals surface area contributed by atoms with Gasteiger partial charge < -0.3 is 25.0 Å². The van der Waals surface area contributed by atoms with Crippen LogP contribution in [0.25, 0.3) is 0 Å². The van der Waals surface area contributed by atoms with Crippen molar-refractivity contribution in [3.05, 3.63) is 53.9 Å². The molecule has 2 aromatic rings. The summed E-state index contributed by atoms with van der Waals surface area (Å²) >= 11 is 0. The molecule has 0 radical (unpaired) electrons. The number of nitrogens with zero attached hydrogens (tertiary/aromatic N) is 4. The van der Waals surface area contributed by atoms with Crippen LogP contribution in [0.4, 0.5) is 10.5 Å². The second-order valence-corrected chi connectivity index (χ2v) is 8.41. The number of carbonyl (C=O) groups is 1. The van der Waals surface area contributed by atoms with Crippen LogP contribution in [0.1, 0.15) is 17.7 Å². The average molecular weight is 440 g/mol. The van der Waals surface area contributed by atoms with Gasteiger partial charge in [0.2, 0.25) is 0 Å². The summed E-state index contributed by atoms with van der Waals surface area (Å²) in [6.07, 6.45) is 2.67. The third kappa shape index (κ3) is 5.49. The van der Waals surface area contributed by atoms with Crippen LogP contribution < -0.4 is 15.0 Å². The number of carbonyl (C=O) groups excluding carboxylic acids is 1. The van der Waals surface area contributed by atoms with E-state index >= 15 is 0 Å². The lowest BCUT2D eigenvalue weighted by Crippen LogP contribution is -2.49. The third-order valence-corrected chi connectivity index (χ3v) is 6.27. The molecule has 0 aliphatic carbocycles. The standard InChI is InChI=1S/C24H33N5O3/c1-32-23-7-3-2-6-22(23)28-15-13-27(14-16-28)18-20(30)8-11-26-24(31)29-12-9-21-19(17-29)5-4-10-25-21/h2-7,10,20,30H,8-9,11-18H2,1H3,(H,26,31)/t20-/m1/s1. The molecule has 2 aliphatic rings. The highest BCUT2D eigenvalue weighted by Crippen LogP contribution is 2.28. The van der Waals surface area contributed by atoms with Gasteiger partial charge in [0.05, 0.1) is 18.9 Å². The molecular formula is C24H33N5O3. The Bertz CT molecular complexity index is 901. The highest BCUT2D eigenvalue weighted by Gasteiger charge is 2.23. The van der Waals surface area contributed by atoms with Crippen LogP contribution in [0.5, 0.6) is 5.75 Å². The Morgan fingerprint density at radius 2 is 1.97 bits per heavy atom. The van der Waals surface area contributed by atoms with Crippen molar-refractivity contribution in [2.45, 2.75) is 25.5 Å². The summed E-state index contributed by atoms with van der Waals surface area (Å²) in [4.78, 5) is 23.3. The average Bonchev–Trinajstić information content (AvgIpc) is 2.84. The zero-order valence-electron chi connectivity index (χ0n) is 18.7. The van der Waals surface area contributed by atoms with E-state index in [0.29, 0.717) is 32.6 Å². The molecule has 0 unspecified atom stereocenters. The van der Waals surface area contributed by atoms with Gasteiger partial charge >= 0.3 is 6.03 Å². The van der Waals surface area contributed by atoms with Crippen LogP contribution in [0.2, 0.25) is 0 Å². The normalized spacial score (nSPS) is 17.6. The molecule has 0 bridgehead atoms. The number of ether oxygens (including phenoxy) is 1. The van der Waals surface area contributed by atoms with Crippen LogP contribution in [0, 0.1) is 0 Å². The van der Waals surface area contributed by atoms with E-state index in [1.54, 1.807) is 13.3 Å². The molecular weight excluding hydrogens is 406 g/mol. The smallest absolute Gasteiger partial charge is 0.317 e. The van der Waals surface area contributed by atoms with Crippen LogP contribution >= 0.6 is 0 Å². The molecule has 3 heterocycles. The van der Waals surface area contributed by atoms with Crippen molar-refractivity contribution >= 4 is 11.7 Å². The number of aliphatic hydroxyl groups is 1. The molecule has 0 spiro atoms. The number of rotatable bonds is 7. The molecule has 4 rings (SSSR count). The summed E-state index contributed by atoms with van der Waals surface area (Å²) in [6.45, 7) is 5.94. The Labute approximate surface area is 189 Å². The quantitative estimate of drug-likeness (QED) is 0.684. The first-order valence-corrected chi connectivity index (χ1v) is 11.4. The van der Waals surface area contributed by atoms with Gasteiger partial charge in [-0.3, -0.25) is 9.88 Å². The fourth-order valence-corrected chi connectivity index (χ4v) is 4.45. The van der Waals surface area contributed by atoms with Crippen molar-refractivity contribution in [2.75, 3.05) is 57.8 Å². The molecule has 2 N–H and O–H groups in total. The molecule has 8 nitrogen and oxygen atoms in total. The molecule has 1 aromatic carbocycles. The van der Waals surface area contributed by atoms with Crippen LogP contribution in [0.3, 0.4) is 0 Å². The molecule has 32 heavy (non-hydrogen) atoms. The zero-order chi connectivity index (χ0) is 22.3. The van der Waals surface area contributed by atoms with E-state index in [2.05, 4.69) is 26.2 Å². The predicted molar refractivity (Wildman–Crippen MR) is 124 cm³/mol. The number of methoxy groups -OCH3 is 1. The van der Waals surface area contributed by atoms with Crippen molar-refractivity contribution in [1.29, 1.82) is 0 Å². The minimum Gasteiger partial charge on any atom is -0.495 e. The van der Waals surface area contributed by atoms with Crippen molar-refractivity contribution in [1.82, 2.24) is 20.1 Å². The highest BCUT2D eigenvalue weighted by atomic mass is 16.5. The lowest BCUT2D eigenvalue weighted by molar-refractivity contribution is 0.102. The number of anilines is 1. The van der Waals surface area contributed by atoms with Gasteiger partial charge in [0.15, 0.2) is 0 Å². The number of pyridine rings is 1. The van der Waals surface area contributed by atoms with Gasteiger partial charge in [0.1, 0.15) is 5.75 Å². The number of aliphatic hydroxyl groups excluding tert-OH is 1. The Balaban J connectivity index is 1.15. The van der Waals surface area contributed by atoms with E-state index in [4.69, 9.17) is 4.74 Å². The molecule has 1 fully saturated rings. The minimum absolute atomic E-state index is 0.0721. The van der Waals surface area contributed by atoms with Crippen LogP contribution in [-0.2, 0) is 13.0 Å². The van der Waals surface area contributed by atoms with Crippen molar-refractivity contribution in [3.8, 4) is 5.75 Å². The van der Waals surface area contributed by atoms with E-state index < -0.39 is 6.10 Å². The summed E-state index contributed by atoms with van der Waals surface area (Å²) in [6, 6.07) is 11.9. The maximum Gasteiger partial charge on any atom is 0.317 e. The molecule has 1 saturated heterocycles. The number of amides is 2. The summed E-state index contributed by atoms with van der Waals surface area (Å²) in [5.41, 5.74) is 3.31. The molecule has 1 atom stereocenters. The number of para-hydroxylation sites is 2. The van der Waals surface area contributed by atoms with E-state index in [1.807, 2.05) is 35.2 Å². The second kappa shape index (κ2) is 10.7.